The van der Waals surface area contributed by atoms with Crippen molar-refractivity contribution < 1.29 is 13.2 Å². The van der Waals surface area contributed by atoms with Gasteiger partial charge in [0.15, 0.2) is 0 Å². The molecule has 1 aromatic heterocycles. The van der Waals surface area contributed by atoms with Crippen molar-refractivity contribution in [2.75, 3.05) is 13.1 Å². The Morgan fingerprint density at radius 3 is 2.41 bits per heavy atom. The summed E-state index contributed by atoms with van der Waals surface area (Å²) in [5, 5.41) is 3.00. The molecule has 0 saturated carbocycles. The number of hydrogen-bond donors (Lipinski definition) is 1. The number of rotatable bonds is 9. The van der Waals surface area contributed by atoms with Crippen LogP contribution < -0.4 is 5.32 Å². The highest BCUT2D eigenvalue weighted by atomic mass is 32.2. The van der Waals surface area contributed by atoms with Crippen LogP contribution >= 0.6 is 0 Å². The summed E-state index contributed by atoms with van der Waals surface area (Å²) in [5.41, 5.74) is 3.16. The summed E-state index contributed by atoms with van der Waals surface area (Å²) in [5.74, 6) is -0.0313. The van der Waals surface area contributed by atoms with E-state index in [1.54, 1.807) is 41.1 Å². The van der Waals surface area contributed by atoms with Crippen LogP contribution in [0, 0.1) is 0 Å². The van der Waals surface area contributed by atoms with E-state index < -0.39 is 10.0 Å². The predicted octanol–water partition coefficient (Wildman–Crippen LogP) is 2.96. The van der Waals surface area contributed by atoms with E-state index in [1.807, 2.05) is 29.0 Å². The van der Waals surface area contributed by atoms with Gasteiger partial charge in [0.25, 0.3) is 0 Å². The SMILES string of the molecule is O=C(CCc1ccc(S(=O)(=O)N2CCCC2)cc1)NCc1ccccc1Cn1ccnc1. The Labute approximate surface area is 189 Å². The number of amides is 1. The van der Waals surface area contributed by atoms with E-state index >= 15 is 0 Å². The minimum atomic E-state index is -3.40. The average Bonchev–Trinajstić information content (AvgIpc) is 3.52. The van der Waals surface area contributed by atoms with Crippen molar-refractivity contribution >= 4 is 15.9 Å². The van der Waals surface area contributed by atoms with Crippen LogP contribution in [0.5, 0.6) is 0 Å². The molecule has 1 aliphatic rings. The van der Waals surface area contributed by atoms with E-state index in [-0.39, 0.29) is 5.91 Å². The van der Waals surface area contributed by atoms with Gasteiger partial charge < -0.3 is 9.88 Å². The molecular formula is C24H28N4O3S. The van der Waals surface area contributed by atoms with Gasteiger partial charge in [-0.25, -0.2) is 13.4 Å². The molecule has 0 radical (unpaired) electrons. The highest BCUT2D eigenvalue weighted by Gasteiger charge is 2.26. The molecule has 0 bridgehead atoms. The maximum atomic E-state index is 12.6. The molecule has 1 saturated heterocycles. The number of benzene rings is 2. The van der Waals surface area contributed by atoms with Crippen LogP contribution in [0.3, 0.4) is 0 Å². The van der Waals surface area contributed by atoms with Crippen LogP contribution in [-0.2, 0) is 34.3 Å². The van der Waals surface area contributed by atoms with Crippen LogP contribution in [0.15, 0.2) is 72.1 Å². The van der Waals surface area contributed by atoms with Gasteiger partial charge in [-0.1, -0.05) is 36.4 Å². The van der Waals surface area contributed by atoms with Crippen molar-refractivity contribution in [2.24, 2.45) is 0 Å². The quantitative estimate of drug-likeness (QED) is 0.541. The highest BCUT2D eigenvalue weighted by molar-refractivity contribution is 7.89. The Bertz CT molecular complexity index is 1140. The number of hydrogen-bond acceptors (Lipinski definition) is 4. The zero-order valence-corrected chi connectivity index (χ0v) is 18.8. The van der Waals surface area contributed by atoms with Crippen LogP contribution in [0.1, 0.15) is 36.0 Å². The Morgan fingerprint density at radius 2 is 1.72 bits per heavy atom. The van der Waals surface area contributed by atoms with Crippen molar-refractivity contribution in [1.82, 2.24) is 19.2 Å². The molecular weight excluding hydrogens is 424 g/mol. The van der Waals surface area contributed by atoms with Gasteiger partial charge in [-0.2, -0.15) is 4.31 Å². The fourth-order valence-electron chi connectivity index (χ4n) is 3.91. The Kier molecular flexibility index (Phi) is 7.02. The van der Waals surface area contributed by atoms with Gasteiger partial charge in [-0.3, -0.25) is 4.79 Å². The van der Waals surface area contributed by atoms with E-state index in [0.717, 1.165) is 29.5 Å². The highest BCUT2D eigenvalue weighted by Crippen LogP contribution is 2.21. The van der Waals surface area contributed by atoms with Crippen LogP contribution in [0.25, 0.3) is 0 Å². The van der Waals surface area contributed by atoms with Gasteiger partial charge in [-0.05, 0) is 48.1 Å². The fourth-order valence-corrected chi connectivity index (χ4v) is 5.42. The number of carbonyl (C=O) groups is 1. The molecule has 0 atom stereocenters. The Morgan fingerprint density at radius 1 is 1.00 bits per heavy atom. The molecule has 1 aliphatic heterocycles. The van der Waals surface area contributed by atoms with Gasteiger partial charge in [-0.15, -0.1) is 0 Å². The van der Waals surface area contributed by atoms with Crippen LogP contribution in [0.4, 0.5) is 0 Å². The lowest BCUT2D eigenvalue weighted by molar-refractivity contribution is -0.121. The predicted molar refractivity (Wildman–Crippen MR) is 122 cm³/mol. The number of imidazole rings is 1. The van der Waals surface area contributed by atoms with Crippen molar-refractivity contribution in [3.8, 4) is 0 Å². The maximum Gasteiger partial charge on any atom is 0.243 e. The molecule has 3 aromatic rings. The maximum absolute atomic E-state index is 12.6. The molecule has 32 heavy (non-hydrogen) atoms. The lowest BCUT2D eigenvalue weighted by Gasteiger charge is -2.15. The molecule has 4 rings (SSSR count). The summed E-state index contributed by atoms with van der Waals surface area (Å²) in [7, 11) is -3.40. The van der Waals surface area contributed by atoms with Crippen molar-refractivity contribution in [3.05, 3.63) is 83.9 Å². The number of sulfonamides is 1. The first-order valence-corrected chi connectivity index (χ1v) is 12.3. The second-order valence-corrected chi connectivity index (χ2v) is 9.97. The number of nitrogens with zero attached hydrogens (tertiary/aromatic N) is 3. The van der Waals surface area contributed by atoms with Gasteiger partial charge >= 0.3 is 0 Å². The zero-order valence-electron chi connectivity index (χ0n) is 18.0. The molecule has 2 heterocycles. The molecule has 1 amide bonds. The molecule has 2 aromatic carbocycles. The standard InChI is InChI=1S/C24H28N4O3S/c29-24(26-17-21-5-1-2-6-22(21)18-27-16-13-25-19-27)12-9-20-7-10-23(11-8-20)32(30,31)28-14-3-4-15-28/h1-2,5-8,10-11,13,16,19H,3-4,9,12,14-15,17-18H2,(H,26,29). The lowest BCUT2D eigenvalue weighted by Crippen LogP contribution is -2.27. The smallest absolute Gasteiger partial charge is 0.243 e. The third-order valence-electron chi connectivity index (χ3n) is 5.77. The second-order valence-electron chi connectivity index (χ2n) is 8.04. The van der Waals surface area contributed by atoms with E-state index in [1.165, 1.54) is 0 Å². The zero-order chi connectivity index (χ0) is 22.4. The van der Waals surface area contributed by atoms with Crippen molar-refractivity contribution in [1.29, 1.82) is 0 Å². The van der Waals surface area contributed by atoms with Crippen molar-refractivity contribution in [2.45, 2.75) is 43.7 Å². The Balaban J connectivity index is 1.28. The summed E-state index contributed by atoms with van der Waals surface area (Å²) < 4.78 is 28.8. The van der Waals surface area contributed by atoms with Gasteiger partial charge in [0.2, 0.25) is 15.9 Å². The molecule has 7 nitrogen and oxygen atoms in total. The summed E-state index contributed by atoms with van der Waals surface area (Å²) in [6.45, 7) is 2.36. The summed E-state index contributed by atoms with van der Waals surface area (Å²) in [6.07, 6.45) is 8.18. The molecule has 0 unspecified atom stereocenters. The third kappa shape index (κ3) is 5.44. The fraction of sp³-hybridized carbons (Fsp3) is 0.333. The minimum absolute atomic E-state index is 0.0313. The van der Waals surface area contributed by atoms with Crippen molar-refractivity contribution in [3.63, 3.8) is 0 Å². The average molecular weight is 453 g/mol. The van der Waals surface area contributed by atoms with Crippen LogP contribution in [0.2, 0.25) is 0 Å². The number of nitrogens with one attached hydrogen (secondary N) is 1. The topological polar surface area (TPSA) is 84.3 Å². The number of aryl methyl sites for hydroxylation is 1. The molecule has 0 spiro atoms. The van der Waals surface area contributed by atoms with Gasteiger partial charge in [0, 0.05) is 45.0 Å². The first-order valence-electron chi connectivity index (χ1n) is 10.9. The third-order valence-corrected chi connectivity index (χ3v) is 7.69. The summed E-state index contributed by atoms with van der Waals surface area (Å²) in [6, 6.07) is 14.9. The normalized spacial score (nSPS) is 14.5. The van der Waals surface area contributed by atoms with Gasteiger partial charge in [0.05, 0.1) is 11.2 Å². The Hall–Kier alpha value is -2.97. The van der Waals surface area contributed by atoms with Crippen LogP contribution in [-0.4, -0.2) is 41.3 Å². The number of aromatic nitrogens is 2. The number of carbonyl (C=O) groups excluding carboxylic acids is 1. The molecule has 8 heteroatoms. The molecule has 168 valence electrons. The second kappa shape index (κ2) is 10.1. The first-order chi connectivity index (χ1) is 15.5. The van der Waals surface area contributed by atoms with Gasteiger partial charge in [0.1, 0.15) is 0 Å². The minimum Gasteiger partial charge on any atom is -0.352 e. The lowest BCUT2D eigenvalue weighted by atomic mass is 10.1. The first kappa shape index (κ1) is 22.2. The summed E-state index contributed by atoms with van der Waals surface area (Å²) >= 11 is 0. The molecule has 1 fully saturated rings. The molecule has 0 aliphatic carbocycles. The summed E-state index contributed by atoms with van der Waals surface area (Å²) in [4.78, 5) is 16.8. The monoisotopic (exact) mass is 452 g/mol. The van der Waals surface area contributed by atoms with E-state index in [4.69, 9.17) is 0 Å². The molecule has 1 N–H and O–H groups in total. The largest absolute Gasteiger partial charge is 0.352 e. The van der Waals surface area contributed by atoms with E-state index in [2.05, 4.69) is 16.4 Å². The van der Waals surface area contributed by atoms with E-state index in [0.29, 0.717) is 43.9 Å². The van der Waals surface area contributed by atoms with E-state index in [9.17, 15) is 13.2 Å².